The average molecular weight is 404 g/mol. The second-order valence-electron chi connectivity index (χ2n) is 6.62. The highest BCUT2D eigenvalue weighted by atomic mass is 32.1. The molecule has 0 bridgehead atoms. The van der Waals surface area contributed by atoms with E-state index >= 15 is 0 Å². The molecule has 1 amide bonds. The van der Waals surface area contributed by atoms with Gasteiger partial charge in [0.25, 0.3) is 0 Å². The molecule has 0 fully saturated rings. The number of rotatable bonds is 5. The SMILES string of the molecule is CC(=O)N(c1nc(/C=N\Nc2nc3ccccc3[nH]2)cs1)c1c(C)cccc1C. The van der Waals surface area contributed by atoms with E-state index < -0.39 is 0 Å². The predicted octanol–water partition coefficient (Wildman–Crippen LogP) is 4.77. The number of carbonyl (C=O) groups is 1. The molecule has 2 N–H and O–H groups in total. The molecule has 146 valence electrons. The van der Waals surface area contributed by atoms with Crippen LogP contribution in [0.1, 0.15) is 23.7 Å². The van der Waals surface area contributed by atoms with Crippen molar-refractivity contribution in [2.45, 2.75) is 20.8 Å². The molecule has 8 heteroatoms. The van der Waals surface area contributed by atoms with Gasteiger partial charge in [-0.3, -0.25) is 9.69 Å². The Labute approximate surface area is 172 Å². The maximum Gasteiger partial charge on any atom is 0.230 e. The molecule has 7 nitrogen and oxygen atoms in total. The average Bonchev–Trinajstić information content (AvgIpc) is 3.31. The van der Waals surface area contributed by atoms with Gasteiger partial charge in [0.05, 0.1) is 28.6 Å². The van der Waals surface area contributed by atoms with Gasteiger partial charge in [0.1, 0.15) is 0 Å². The number of aryl methyl sites for hydroxylation is 2. The number of hydrogen-bond acceptors (Lipinski definition) is 6. The van der Waals surface area contributed by atoms with Crippen molar-refractivity contribution in [3.63, 3.8) is 0 Å². The van der Waals surface area contributed by atoms with Gasteiger partial charge in [-0.2, -0.15) is 5.10 Å². The number of aromatic amines is 1. The number of para-hydroxylation sites is 3. The van der Waals surface area contributed by atoms with Crippen molar-refractivity contribution in [1.29, 1.82) is 0 Å². The molecule has 29 heavy (non-hydrogen) atoms. The maximum atomic E-state index is 12.4. The van der Waals surface area contributed by atoms with Gasteiger partial charge in [0.2, 0.25) is 11.9 Å². The van der Waals surface area contributed by atoms with Crippen molar-refractivity contribution in [3.8, 4) is 0 Å². The second-order valence-corrected chi connectivity index (χ2v) is 7.46. The Bertz CT molecular complexity index is 1160. The highest BCUT2D eigenvalue weighted by Crippen LogP contribution is 2.33. The summed E-state index contributed by atoms with van der Waals surface area (Å²) in [4.78, 5) is 26.2. The number of hydrazone groups is 1. The van der Waals surface area contributed by atoms with Crippen LogP contribution >= 0.6 is 11.3 Å². The van der Waals surface area contributed by atoms with Gasteiger partial charge in [0, 0.05) is 12.3 Å². The molecule has 2 aromatic heterocycles. The van der Waals surface area contributed by atoms with Crippen molar-refractivity contribution in [2.75, 3.05) is 10.3 Å². The first-order valence-corrected chi connectivity index (χ1v) is 9.97. The number of carbonyl (C=O) groups excluding carboxylic acids is 1. The van der Waals surface area contributed by atoms with Crippen molar-refractivity contribution >= 4 is 51.3 Å². The fourth-order valence-electron chi connectivity index (χ4n) is 3.15. The summed E-state index contributed by atoms with van der Waals surface area (Å²) in [6.07, 6.45) is 1.61. The minimum atomic E-state index is -0.0827. The van der Waals surface area contributed by atoms with Crippen molar-refractivity contribution < 1.29 is 4.79 Å². The molecule has 0 aliphatic rings. The molecule has 0 spiro atoms. The fraction of sp³-hybridized carbons (Fsp3) is 0.143. The molecule has 0 aliphatic heterocycles. The molecule has 2 aromatic carbocycles. The molecule has 4 aromatic rings. The van der Waals surface area contributed by atoms with E-state index in [1.165, 1.54) is 11.3 Å². The third-order valence-electron chi connectivity index (χ3n) is 4.44. The highest BCUT2D eigenvalue weighted by Gasteiger charge is 2.21. The van der Waals surface area contributed by atoms with Crippen LogP contribution in [0.5, 0.6) is 0 Å². The number of imidazole rings is 1. The smallest absolute Gasteiger partial charge is 0.230 e. The van der Waals surface area contributed by atoms with Crippen LogP contribution in [0.2, 0.25) is 0 Å². The summed E-state index contributed by atoms with van der Waals surface area (Å²) >= 11 is 1.40. The van der Waals surface area contributed by atoms with Crippen LogP contribution in [0.25, 0.3) is 11.0 Å². The quantitative estimate of drug-likeness (QED) is 0.371. The van der Waals surface area contributed by atoms with Crippen LogP contribution in [0, 0.1) is 13.8 Å². The Balaban J connectivity index is 1.54. The Hall–Kier alpha value is -3.52. The van der Waals surface area contributed by atoms with Gasteiger partial charge >= 0.3 is 0 Å². The van der Waals surface area contributed by atoms with E-state index in [0.29, 0.717) is 16.8 Å². The normalized spacial score (nSPS) is 11.3. The first kappa shape index (κ1) is 18.8. The number of nitrogens with one attached hydrogen (secondary N) is 2. The van der Waals surface area contributed by atoms with E-state index in [2.05, 4.69) is 25.5 Å². The highest BCUT2D eigenvalue weighted by molar-refractivity contribution is 7.14. The summed E-state index contributed by atoms with van der Waals surface area (Å²) in [5, 5.41) is 6.68. The number of benzene rings is 2. The van der Waals surface area contributed by atoms with E-state index in [0.717, 1.165) is 27.8 Å². The van der Waals surface area contributed by atoms with Gasteiger partial charge in [-0.25, -0.2) is 15.4 Å². The molecule has 4 rings (SSSR count). The van der Waals surface area contributed by atoms with E-state index in [4.69, 9.17) is 0 Å². The third-order valence-corrected chi connectivity index (χ3v) is 5.28. The zero-order valence-corrected chi connectivity index (χ0v) is 17.1. The van der Waals surface area contributed by atoms with Crippen LogP contribution in [0.15, 0.2) is 52.9 Å². The van der Waals surface area contributed by atoms with E-state index in [1.807, 2.05) is 61.7 Å². The lowest BCUT2D eigenvalue weighted by molar-refractivity contribution is -0.115. The molecular weight excluding hydrogens is 384 g/mol. The van der Waals surface area contributed by atoms with Crippen molar-refractivity contribution in [1.82, 2.24) is 15.0 Å². The standard InChI is InChI=1S/C21H20N6OS/c1-13-7-6-8-14(2)19(13)27(15(3)28)21-23-16(12-29-21)11-22-26-20-24-17-9-4-5-10-18(17)25-20/h4-12H,1-3H3,(H2,24,25,26)/b22-11-. The van der Waals surface area contributed by atoms with Crippen molar-refractivity contribution in [3.05, 3.63) is 64.7 Å². The monoisotopic (exact) mass is 404 g/mol. The molecule has 0 saturated carbocycles. The van der Waals surface area contributed by atoms with E-state index in [9.17, 15) is 4.79 Å². The van der Waals surface area contributed by atoms with Gasteiger partial charge in [0.15, 0.2) is 5.13 Å². The minimum absolute atomic E-state index is 0.0827. The minimum Gasteiger partial charge on any atom is -0.323 e. The fourth-order valence-corrected chi connectivity index (χ4v) is 3.97. The Morgan fingerprint density at radius 2 is 1.90 bits per heavy atom. The second kappa shape index (κ2) is 7.84. The summed E-state index contributed by atoms with van der Waals surface area (Å²) < 4.78 is 0. The number of nitrogens with zero attached hydrogens (tertiary/aromatic N) is 4. The van der Waals surface area contributed by atoms with E-state index in [1.54, 1.807) is 18.0 Å². The van der Waals surface area contributed by atoms with Crippen molar-refractivity contribution in [2.24, 2.45) is 5.10 Å². The molecule has 0 saturated heterocycles. The Morgan fingerprint density at radius 1 is 1.14 bits per heavy atom. The summed E-state index contributed by atoms with van der Waals surface area (Å²) in [5.74, 6) is 0.472. The first-order valence-electron chi connectivity index (χ1n) is 9.09. The molecule has 0 atom stereocenters. The molecular formula is C21H20N6OS. The first-order chi connectivity index (χ1) is 14.0. The topological polar surface area (TPSA) is 86.3 Å². The summed E-state index contributed by atoms with van der Waals surface area (Å²) in [5.41, 5.74) is 8.27. The summed E-state index contributed by atoms with van der Waals surface area (Å²) in [6, 6.07) is 13.7. The largest absolute Gasteiger partial charge is 0.323 e. The summed E-state index contributed by atoms with van der Waals surface area (Å²) in [7, 11) is 0. The van der Waals surface area contributed by atoms with Gasteiger partial charge in [-0.15, -0.1) is 11.3 Å². The molecule has 0 radical (unpaired) electrons. The number of aromatic nitrogens is 3. The van der Waals surface area contributed by atoms with Crippen LogP contribution in [-0.2, 0) is 4.79 Å². The zero-order valence-electron chi connectivity index (χ0n) is 16.3. The van der Waals surface area contributed by atoms with E-state index in [-0.39, 0.29) is 5.91 Å². The Kier molecular flexibility index (Phi) is 5.09. The lowest BCUT2D eigenvalue weighted by Crippen LogP contribution is -2.24. The van der Waals surface area contributed by atoms with Gasteiger partial charge in [-0.05, 0) is 37.1 Å². The molecule has 2 heterocycles. The Morgan fingerprint density at radius 3 is 2.62 bits per heavy atom. The van der Waals surface area contributed by atoms with Gasteiger partial charge in [-0.1, -0.05) is 30.3 Å². The number of hydrogen-bond donors (Lipinski definition) is 2. The number of thiazole rings is 1. The van der Waals surface area contributed by atoms with Crippen LogP contribution in [0.4, 0.5) is 16.8 Å². The lowest BCUT2D eigenvalue weighted by Gasteiger charge is -2.22. The lowest BCUT2D eigenvalue weighted by atomic mass is 10.1. The van der Waals surface area contributed by atoms with Crippen LogP contribution < -0.4 is 10.3 Å². The number of anilines is 3. The van der Waals surface area contributed by atoms with Gasteiger partial charge < -0.3 is 4.98 Å². The molecule has 0 aliphatic carbocycles. The van der Waals surface area contributed by atoms with Crippen LogP contribution in [0.3, 0.4) is 0 Å². The molecule has 0 unspecified atom stereocenters. The maximum absolute atomic E-state index is 12.4. The van der Waals surface area contributed by atoms with Crippen LogP contribution in [-0.4, -0.2) is 27.1 Å². The predicted molar refractivity (Wildman–Crippen MR) is 118 cm³/mol. The number of fused-ring (bicyclic) bond motifs is 1. The number of amides is 1. The number of H-pyrrole nitrogens is 1. The third kappa shape index (κ3) is 3.88. The summed E-state index contributed by atoms with van der Waals surface area (Å²) in [6.45, 7) is 5.53. The zero-order chi connectivity index (χ0) is 20.4.